The molecule has 4 aliphatic rings. The molecule has 2 heterocycles. The molecule has 0 bridgehead atoms. The molecule has 3 fully saturated rings. The van der Waals surface area contributed by atoms with E-state index < -0.39 is 29.7 Å². The highest BCUT2D eigenvalue weighted by atomic mass is 16.6. The van der Waals surface area contributed by atoms with E-state index in [1.807, 2.05) is 0 Å². The van der Waals surface area contributed by atoms with Crippen LogP contribution in [-0.2, 0) is 14.3 Å². The van der Waals surface area contributed by atoms with Crippen LogP contribution in [-0.4, -0.2) is 51.0 Å². The molecule has 0 aromatic carbocycles. The van der Waals surface area contributed by atoms with Crippen molar-refractivity contribution in [3.8, 4) is 0 Å². The molecule has 0 radical (unpaired) electrons. The number of carbonyl (C=O) groups is 2. The number of allylic oxidation sites excluding steroid dienone is 2. The lowest BCUT2D eigenvalue weighted by molar-refractivity contribution is -0.209. The zero-order valence-corrected chi connectivity index (χ0v) is 23.1. The second-order valence-corrected chi connectivity index (χ2v) is 12.8. The number of hydrogen-bond donors (Lipinski definition) is 2. The number of aromatic nitrogens is 1. The fraction of sp³-hybridized carbons (Fsp3) is 0.645. The highest BCUT2D eigenvalue weighted by Gasteiger charge is 2.62. The standard InChI is InChI=1S/C31H41NO6/c1-16(2)26-24-12-21-18(4)31(36)23(19(5)37-29(35)27(31)33)10-9-17(3)22(21)13-30(24,6)14-25(26)38-28(34)20-8-7-11-32-15-20/h7-9,11,15-16,19,21-27,33,36H,4,10,12-14H2,1-3,5-6H3/b17-9-. The van der Waals surface area contributed by atoms with Gasteiger partial charge in [0, 0.05) is 24.2 Å². The predicted molar refractivity (Wildman–Crippen MR) is 142 cm³/mol. The van der Waals surface area contributed by atoms with Crippen molar-refractivity contribution in [2.45, 2.75) is 84.2 Å². The first-order valence-corrected chi connectivity index (χ1v) is 14.0. The van der Waals surface area contributed by atoms with Gasteiger partial charge in [-0.05, 0) is 86.3 Å². The lowest BCUT2D eigenvalue weighted by Gasteiger charge is -2.54. The van der Waals surface area contributed by atoms with Gasteiger partial charge in [-0.15, -0.1) is 0 Å². The van der Waals surface area contributed by atoms with Crippen molar-refractivity contribution in [3.05, 3.63) is 53.9 Å². The highest BCUT2D eigenvalue weighted by molar-refractivity contribution is 5.89. The minimum Gasteiger partial charge on any atom is -0.460 e. The molecule has 206 valence electrons. The second-order valence-electron chi connectivity index (χ2n) is 12.8. The van der Waals surface area contributed by atoms with Crippen molar-refractivity contribution in [2.75, 3.05) is 0 Å². The van der Waals surface area contributed by atoms with Crippen molar-refractivity contribution in [1.82, 2.24) is 4.98 Å². The topological polar surface area (TPSA) is 106 Å². The summed E-state index contributed by atoms with van der Waals surface area (Å²) in [6.45, 7) is 15.0. The molecule has 1 saturated heterocycles. The molecule has 10 atom stereocenters. The van der Waals surface area contributed by atoms with Gasteiger partial charge in [0.05, 0.1) is 5.56 Å². The quantitative estimate of drug-likeness (QED) is 0.444. The van der Waals surface area contributed by atoms with Crippen LogP contribution in [0.2, 0.25) is 0 Å². The van der Waals surface area contributed by atoms with Crippen LogP contribution in [0.15, 0.2) is 48.3 Å². The average molecular weight is 524 g/mol. The molecule has 1 aromatic rings. The summed E-state index contributed by atoms with van der Waals surface area (Å²) in [6.07, 6.45) is 5.79. The Morgan fingerprint density at radius 3 is 2.66 bits per heavy atom. The lowest BCUT2D eigenvalue weighted by Crippen LogP contribution is -2.63. The van der Waals surface area contributed by atoms with E-state index in [1.54, 1.807) is 25.3 Å². The number of carbonyl (C=O) groups excluding carboxylic acids is 2. The van der Waals surface area contributed by atoms with Crippen molar-refractivity contribution in [3.63, 3.8) is 0 Å². The van der Waals surface area contributed by atoms with Gasteiger partial charge in [0.1, 0.15) is 17.8 Å². The predicted octanol–water partition coefficient (Wildman–Crippen LogP) is 4.49. The fourth-order valence-electron chi connectivity index (χ4n) is 8.41. The van der Waals surface area contributed by atoms with Crippen LogP contribution in [0.1, 0.15) is 70.7 Å². The molecule has 1 aliphatic heterocycles. The van der Waals surface area contributed by atoms with Crippen LogP contribution in [0.25, 0.3) is 0 Å². The maximum absolute atomic E-state index is 13.0. The van der Waals surface area contributed by atoms with Crippen LogP contribution >= 0.6 is 0 Å². The van der Waals surface area contributed by atoms with Gasteiger partial charge in [0.25, 0.3) is 0 Å². The lowest BCUT2D eigenvalue weighted by atomic mass is 9.53. The molecular formula is C31H41NO6. The summed E-state index contributed by atoms with van der Waals surface area (Å²) >= 11 is 0. The van der Waals surface area contributed by atoms with E-state index in [0.29, 0.717) is 17.6 Å². The maximum Gasteiger partial charge on any atom is 0.339 e. The summed E-state index contributed by atoms with van der Waals surface area (Å²) in [6, 6.07) is 3.46. The van der Waals surface area contributed by atoms with Gasteiger partial charge in [-0.2, -0.15) is 0 Å². The summed E-state index contributed by atoms with van der Waals surface area (Å²) in [4.78, 5) is 29.6. The van der Waals surface area contributed by atoms with Crippen LogP contribution in [0.3, 0.4) is 0 Å². The third kappa shape index (κ3) is 4.13. The van der Waals surface area contributed by atoms with Gasteiger partial charge in [-0.1, -0.05) is 39.0 Å². The third-order valence-electron chi connectivity index (χ3n) is 10.4. The number of ether oxygens (including phenoxy) is 2. The molecule has 2 saturated carbocycles. The molecule has 5 rings (SSSR count). The number of hydrogen-bond acceptors (Lipinski definition) is 7. The Kier molecular flexibility index (Phi) is 6.84. The molecule has 3 aliphatic carbocycles. The minimum absolute atomic E-state index is 0.0655. The molecule has 38 heavy (non-hydrogen) atoms. The number of nitrogens with zero attached hydrogens (tertiary/aromatic N) is 1. The number of aliphatic hydroxyl groups is 2. The van der Waals surface area contributed by atoms with E-state index >= 15 is 0 Å². The van der Waals surface area contributed by atoms with Gasteiger partial charge in [0.2, 0.25) is 0 Å². The van der Waals surface area contributed by atoms with E-state index in [0.717, 1.165) is 19.3 Å². The Hall–Kier alpha value is -2.51. The molecule has 1 aromatic heterocycles. The molecule has 0 spiro atoms. The van der Waals surface area contributed by atoms with Crippen LogP contribution < -0.4 is 0 Å². The molecular weight excluding hydrogens is 482 g/mol. The average Bonchev–Trinajstić information content (AvgIpc) is 3.16. The zero-order chi connectivity index (χ0) is 27.6. The number of pyridine rings is 1. The number of fused-ring (bicyclic) bond motifs is 3. The molecule has 7 heteroatoms. The van der Waals surface area contributed by atoms with Crippen LogP contribution in [0.4, 0.5) is 0 Å². The fourth-order valence-corrected chi connectivity index (χ4v) is 8.41. The first-order valence-electron chi connectivity index (χ1n) is 14.0. The van der Waals surface area contributed by atoms with Gasteiger partial charge in [-0.25, -0.2) is 9.59 Å². The van der Waals surface area contributed by atoms with Crippen LogP contribution in [0, 0.1) is 40.9 Å². The summed E-state index contributed by atoms with van der Waals surface area (Å²) in [7, 11) is 0. The number of esters is 2. The monoisotopic (exact) mass is 523 g/mol. The molecule has 10 unspecified atom stereocenters. The Balaban J connectivity index is 1.49. The van der Waals surface area contributed by atoms with Crippen molar-refractivity contribution < 1.29 is 29.3 Å². The number of rotatable bonds is 3. The largest absolute Gasteiger partial charge is 0.460 e. The summed E-state index contributed by atoms with van der Waals surface area (Å²) < 4.78 is 11.6. The van der Waals surface area contributed by atoms with Crippen LogP contribution in [0.5, 0.6) is 0 Å². The zero-order valence-electron chi connectivity index (χ0n) is 23.1. The summed E-state index contributed by atoms with van der Waals surface area (Å²) in [5, 5.41) is 23.0. The van der Waals surface area contributed by atoms with E-state index in [9.17, 15) is 19.8 Å². The second kappa shape index (κ2) is 9.60. The molecule has 7 nitrogen and oxygen atoms in total. The molecule has 0 amide bonds. The van der Waals surface area contributed by atoms with Gasteiger partial charge >= 0.3 is 11.9 Å². The van der Waals surface area contributed by atoms with E-state index in [1.165, 1.54) is 11.8 Å². The van der Waals surface area contributed by atoms with E-state index in [-0.39, 0.29) is 47.1 Å². The van der Waals surface area contributed by atoms with E-state index in [2.05, 4.69) is 45.3 Å². The smallest absolute Gasteiger partial charge is 0.339 e. The Morgan fingerprint density at radius 1 is 1.26 bits per heavy atom. The number of aliphatic hydroxyl groups excluding tert-OH is 1. The first-order chi connectivity index (χ1) is 17.9. The van der Waals surface area contributed by atoms with Gasteiger partial charge < -0.3 is 19.7 Å². The van der Waals surface area contributed by atoms with Gasteiger partial charge in [0.15, 0.2) is 6.10 Å². The van der Waals surface area contributed by atoms with Crippen molar-refractivity contribution in [2.24, 2.45) is 40.9 Å². The van der Waals surface area contributed by atoms with Crippen molar-refractivity contribution >= 4 is 11.9 Å². The summed E-state index contributed by atoms with van der Waals surface area (Å²) in [5.41, 5.74) is 0.416. The maximum atomic E-state index is 13.0. The van der Waals surface area contributed by atoms with Gasteiger partial charge in [-0.3, -0.25) is 4.98 Å². The third-order valence-corrected chi connectivity index (χ3v) is 10.4. The molecule has 2 N–H and O–H groups in total. The first kappa shape index (κ1) is 27.1. The number of cyclic esters (lactones) is 1. The van der Waals surface area contributed by atoms with E-state index in [4.69, 9.17) is 9.47 Å². The SMILES string of the molecule is C=C1C2CC3C(C(C)C)C(OC(=O)c4cccnc4)CC3(C)CC2/C(C)=C\CC2C(C)OC(=O)C(O)C12O. The Morgan fingerprint density at radius 2 is 2.00 bits per heavy atom. The minimum atomic E-state index is -1.75. The normalized spacial score (nSPS) is 44.1. The summed E-state index contributed by atoms with van der Waals surface area (Å²) in [5.74, 6) is -0.967. The Bertz CT molecular complexity index is 1150. The highest BCUT2D eigenvalue weighted by Crippen LogP contribution is 2.63. The van der Waals surface area contributed by atoms with Crippen molar-refractivity contribution in [1.29, 1.82) is 0 Å². The Labute approximate surface area is 225 Å².